The molecule has 1 aliphatic rings. The van der Waals surface area contributed by atoms with Gasteiger partial charge in [-0.05, 0) is 55.4 Å². The number of ether oxygens (including phenoxy) is 2. The summed E-state index contributed by atoms with van der Waals surface area (Å²) in [6.07, 6.45) is 3.11. The molecular weight excluding hydrogens is 414 g/mol. The average Bonchev–Trinajstić information content (AvgIpc) is 2.75. The summed E-state index contributed by atoms with van der Waals surface area (Å²) in [4.78, 5) is 30.0. The average molecular weight is 446 g/mol. The number of hydrogen-bond acceptors (Lipinski definition) is 5. The Hall–Kier alpha value is -2.61. The van der Waals surface area contributed by atoms with Crippen molar-refractivity contribution in [3.05, 3.63) is 39.4 Å². The molecule has 3 rings (SSSR count). The van der Waals surface area contributed by atoms with Gasteiger partial charge in [0.15, 0.2) is 4.77 Å². The molecule has 2 unspecified atom stereocenters. The second-order valence-corrected chi connectivity index (χ2v) is 8.63. The van der Waals surface area contributed by atoms with E-state index in [1.165, 1.54) is 6.07 Å². The van der Waals surface area contributed by atoms with E-state index < -0.39 is 0 Å². The van der Waals surface area contributed by atoms with Crippen molar-refractivity contribution in [3.63, 3.8) is 0 Å². The van der Waals surface area contributed by atoms with E-state index in [9.17, 15) is 9.59 Å². The van der Waals surface area contributed by atoms with Crippen molar-refractivity contribution in [3.8, 4) is 22.8 Å². The molecule has 1 fully saturated rings. The van der Waals surface area contributed by atoms with Crippen molar-refractivity contribution in [2.45, 2.75) is 39.7 Å². The van der Waals surface area contributed by atoms with Crippen LogP contribution in [0.1, 0.15) is 33.1 Å². The summed E-state index contributed by atoms with van der Waals surface area (Å²) < 4.78 is 12.7. The van der Waals surface area contributed by atoms with Crippen LogP contribution in [0.3, 0.4) is 0 Å². The van der Waals surface area contributed by atoms with Crippen LogP contribution in [0.2, 0.25) is 0 Å². The van der Waals surface area contributed by atoms with Gasteiger partial charge in [-0.25, -0.2) is 0 Å². The highest BCUT2D eigenvalue weighted by atomic mass is 32.1. The normalized spacial score (nSPS) is 19.4. The van der Waals surface area contributed by atoms with E-state index >= 15 is 0 Å². The molecule has 1 aromatic heterocycles. The van der Waals surface area contributed by atoms with Crippen LogP contribution in [0.15, 0.2) is 29.1 Å². The lowest BCUT2D eigenvalue weighted by Crippen LogP contribution is -2.38. The minimum Gasteiger partial charge on any atom is -0.497 e. The van der Waals surface area contributed by atoms with Gasteiger partial charge in [0, 0.05) is 30.8 Å². The number of rotatable bonds is 5. The summed E-state index contributed by atoms with van der Waals surface area (Å²) in [7, 11) is 3.13. The standard InChI is InChI=1S/C23H31N3O4S/c1-15-6-5-10-25(11-9-16(15)2)22(28)14-26-19(13-21(27)24-23(26)31)18-8-7-17(29-3)12-20(18)30-4/h7-8,12-13,15-16H,5-6,9-11,14H2,1-4H3,(H,24,27,31). The van der Waals surface area contributed by atoms with Gasteiger partial charge in [-0.3, -0.25) is 14.6 Å². The number of amides is 1. The number of H-pyrrole nitrogens is 1. The number of carbonyl (C=O) groups excluding carboxylic acids is 1. The molecule has 0 bridgehead atoms. The Bertz CT molecular complexity index is 1050. The first-order valence-electron chi connectivity index (χ1n) is 10.7. The number of aromatic amines is 1. The zero-order chi connectivity index (χ0) is 22.5. The lowest BCUT2D eigenvalue weighted by molar-refractivity contribution is -0.132. The number of likely N-dealkylation sites (tertiary alicyclic amines) is 1. The molecule has 0 spiro atoms. The van der Waals surface area contributed by atoms with Crippen LogP contribution in [0.5, 0.6) is 11.5 Å². The zero-order valence-electron chi connectivity index (χ0n) is 18.6. The first-order chi connectivity index (χ1) is 14.8. The summed E-state index contributed by atoms with van der Waals surface area (Å²) in [6, 6.07) is 6.79. The second kappa shape index (κ2) is 10.1. The first kappa shape index (κ1) is 23.1. The summed E-state index contributed by atoms with van der Waals surface area (Å²) in [5.74, 6) is 2.44. The van der Waals surface area contributed by atoms with Gasteiger partial charge in [-0.1, -0.05) is 13.8 Å². The molecule has 2 aromatic rings. The van der Waals surface area contributed by atoms with Crippen LogP contribution < -0.4 is 15.0 Å². The number of carbonyl (C=O) groups is 1. The molecule has 7 nitrogen and oxygen atoms in total. The van der Waals surface area contributed by atoms with E-state index in [-0.39, 0.29) is 22.8 Å². The van der Waals surface area contributed by atoms with E-state index in [2.05, 4.69) is 18.8 Å². The van der Waals surface area contributed by atoms with Gasteiger partial charge < -0.3 is 18.9 Å². The Kier molecular flexibility index (Phi) is 7.54. The molecule has 168 valence electrons. The molecule has 2 atom stereocenters. The number of nitrogens with zero attached hydrogens (tertiary/aromatic N) is 2. The van der Waals surface area contributed by atoms with Gasteiger partial charge in [-0.2, -0.15) is 0 Å². The van der Waals surface area contributed by atoms with Gasteiger partial charge in [0.2, 0.25) is 5.91 Å². The maximum absolute atomic E-state index is 13.2. The highest BCUT2D eigenvalue weighted by Crippen LogP contribution is 2.33. The van der Waals surface area contributed by atoms with E-state index in [4.69, 9.17) is 21.7 Å². The molecular formula is C23H31N3O4S. The molecule has 1 N–H and O–H groups in total. The largest absolute Gasteiger partial charge is 0.497 e. The Morgan fingerprint density at radius 2 is 1.87 bits per heavy atom. The fraction of sp³-hybridized carbons (Fsp3) is 0.522. The van der Waals surface area contributed by atoms with E-state index in [1.54, 1.807) is 37.0 Å². The fourth-order valence-corrected chi connectivity index (χ4v) is 4.30. The van der Waals surface area contributed by atoms with Crippen molar-refractivity contribution < 1.29 is 14.3 Å². The van der Waals surface area contributed by atoms with Gasteiger partial charge in [0.05, 0.1) is 19.9 Å². The monoisotopic (exact) mass is 445 g/mol. The van der Waals surface area contributed by atoms with Crippen molar-refractivity contribution in [1.82, 2.24) is 14.5 Å². The first-order valence-corrected chi connectivity index (χ1v) is 11.1. The predicted octanol–water partition coefficient (Wildman–Crippen LogP) is 3.87. The molecule has 0 saturated carbocycles. The minimum absolute atomic E-state index is 0.00127. The zero-order valence-corrected chi connectivity index (χ0v) is 19.5. The molecule has 0 radical (unpaired) electrons. The topological polar surface area (TPSA) is 76.6 Å². The third kappa shape index (κ3) is 5.36. The van der Waals surface area contributed by atoms with Crippen LogP contribution in [-0.4, -0.2) is 47.7 Å². The maximum atomic E-state index is 13.2. The smallest absolute Gasteiger partial charge is 0.252 e. The molecule has 1 aromatic carbocycles. The van der Waals surface area contributed by atoms with E-state index in [0.717, 1.165) is 32.4 Å². The summed E-state index contributed by atoms with van der Waals surface area (Å²) in [5.41, 5.74) is 0.884. The molecule has 0 aliphatic carbocycles. The van der Waals surface area contributed by atoms with Gasteiger partial charge in [-0.15, -0.1) is 0 Å². The number of methoxy groups -OCH3 is 2. The highest BCUT2D eigenvalue weighted by molar-refractivity contribution is 7.71. The van der Waals surface area contributed by atoms with E-state index in [1.807, 2.05) is 4.90 Å². The van der Waals surface area contributed by atoms with Gasteiger partial charge >= 0.3 is 0 Å². The third-order valence-electron chi connectivity index (χ3n) is 6.28. The molecule has 8 heteroatoms. The Morgan fingerprint density at radius 3 is 2.58 bits per heavy atom. The number of hydrogen-bond donors (Lipinski definition) is 1. The molecule has 1 aliphatic heterocycles. The molecule has 1 saturated heterocycles. The summed E-state index contributed by atoms with van der Waals surface area (Å²) in [6.45, 7) is 6.08. The Labute approximate surface area is 188 Å². The number of aromatic nitrogens is 2. The molecule has 2 heterocycles. The van der Waals surface area contributed by atoms with Gasteiger partial charge in [0.25, 0.3) is 5.56 Å². The third-order valence-corrected chi connectivity index (χ3v) is 6.60. The van der Waals surface area contributed by atoms with Crippen molar-refractivity contribution >= 4 is 18.1 Å². The number of nitrogens with one attached hydrogen (secondary N) is 1. The van der Waals surface area contributed by atoms with Crippen molar-refractivity contribution in [2.24, 2.45) is 11.8 Å². The highest BCUT2D eigenvalue weighted by Gasteiger charge is 2.22. The predicted molar refractivity (Wildman–Crippen MR) is 123 cm³/mol. The van der Waals surface area contributed by atoms with E-state index in [0.29, 0.717) is 34.6 Å². The van der Waals surface area contributed by atoms with Crippen LogP contribution in [-0.2, 0) is 11.3 Å². The lowest BCUT2D eigenvalue weighted by Gasteiger charge is -2.31. The fourth-order valence-electron chi connectivity index (χ4n) is 4.04. The molecule has 31 heavy (non-hydrogen) atoms. The lowest BCUT2D eigenvalue weighted by atomic mass is 9.87. The van der Waals surface area contributed by atoms with Crippen LogP contribution in [0.4, 0.5) is 0 Å². The van der Waals surface area contributed by atoms with Crippen molar-refractivity contribution in [2.75, 3.05) is 27.3 Å². The van der Waals surface area contributed by atoms with Crippen LogP contribution in [0.25, 0.3) is 11.3 Å². The van der Waals surface area contributed by atoms with Crippen molar-refractivity contribution in [1.29, 1.82) is 0 Å². The second-order valence-electron chi connectivity index (χ2n) is 8.24. The number of benzene rings is 1. The van der Waals surface area contributed by atoms with Crippen LogP contribution >= 0.6 is 12.2 Å². The molecule has 1 amide bonds. The maximum Gasteiger partial charge on any atom is 0.252 e. The minimum atomic E-state index is -0.323. The summed E-state index contributed by atoms with van der Waals surface area (Å²) in [5, 5.41) is 0. The SMILES string of the molecule is COc1ccc(-c2cc(=O)[nH]c(=S)n2CC(=O)N2CCCC(C)C(C)CC2)c(OC)c1. The van der Waals surface area contributed by atoms with Crippen LogP contribution in [0, 0.1) is 16.6 Å². The Balaban J connectivity index is 1.95. The quantitative estimate of drug-likeness (QED) is 0.707. The van der Waals surface area contributed by atoms with Gasteiger partial charge in [0.1, 0.15) is 18.0 Å². The summed E-state index contributed by atoms with van der Waals surface area (Å²) >= 11 is 5.43. The Morgan fingerprint density at radius 1 is 1.13 bits per heavy atom.